The number of Topliss-reactive ketones (excluding diaryl/α,β-unsaturated/α-hetero) is 1. The van der Waals surface area contributed by atoms with Crippen LogP contribution in [0.15, 0.2) is 35.7 Å². The molecule has 0 bridgehead atoms. The van der Waals surface area contributed by atoms with Crippen molar-refractivity contribution in [3.63, 3.8) is 0 Å². The second-order valence-corrected chi connectivity index (χ2v) is 10.3. The van der Waals surface area contributed by atoms with Gasteiger partial charge in [-0.1, -0.05) is 31.5 Å². The van der Waals surface area contributed by atoms with Gasteiger partial charge in [-0.3, -0.25) is 14.3 Å². The Bertz CT molecular complexity index is 1120. The van der Waals surface area contributed by atoms with Gasteiger partial charge >= 0.3 is 0 Å². The summed E-state index contributed by atoms with van der Waals surface area (Å²) in [6, 6.07) is 6.97. The van der Waals surface area contributed by atoms with Crippen molar-refractivity contribution in [2.45, 2.75) is 76.5 Å². The van der Waals surface area contributed by atoms with Gasteiger partial charge in [-0.05, 0) is 63.6 Å². The lowest BCUT2D eigenvalue weighted by molar-refractivity contribution is 0.102. The summed E-state index contributed by atoms with van der Waals surface area (Å²) in [4.78, 5) is 17.5. The van der Waals surface area contributed by atoms with Gasteiger partial charge in [-0.25, -0.2) is 0 Å². The Kier molecular flexibility index (Phi) is 5.93. The van der Waals surface area contributed by atoms with Crippen LogP contribution in [0.5, 0.6) is 0 Å². The third-order valence-corrected chi connectivity index (χ3v) is 7.95. The van der Waals surface area contributed by atoms with Gasteiger partial charge < -0.3 is 4.57 Å². The van der Waals surface area contributed by atoms with E-state index >= 15 is 0 Å². The minimum absolute atomic E-state index is 0.171. The highest BCUT2D eigenvalue weighted by molar-refractivity contribution is 7.99. The van der Waals surface area contributed by atoms with Crippen LogP contribution in [-0.4, -0.2) is 35.9 Å². The number of carbonyl (C=O) groups excluding carboxylic acids is 1. The van der Waals surface area contributed by atoms with E-state index in [-0.39, 0.29) is 5.78 Å². The minimum atomic E-state index is 0.171. The summed E-state index contributed by atoms with van der Waals surface area (Å²) in [5.74, 6) is 1.96. The first kappa shape index (κ1) is 21.4. The zero-order valence-corrected chi connectivity index (χ0v) is 19.9. The number of hydrogen-bond acceptors (Lipinski definition) is 5. The highest BCUT2D eigenvalue weighted by Crippen LogP contribution is 2.40. The summed E-state index contributed by atoms with van der Waals surface area (Å²) in [5, 5.41) is 9.93. The van der Waals surface area contributed by atoms with Gasteiger partial charge in [0.25, 0.3) is 0 Å². The van der Waals surface area contributed by atoms with Crippen molar-refractivity contribution in [1.29, 1.82) is 0 Å². The second-order valence-electron chi connectivity index (χ2n) is 9.34. The third kappa shape index (κ3) is 4.03. The molecule has 7 heteroatoms. The van der Waals surface area contributed by atoms with E-state index in [1.165, 1.54) is 49.6 Å². The fraction of sp³-hybridized carbons (Fsp3) is 0.520. The zero-order chi connectivity index (χ0) is 22.2. The molecule has 5 rings (SSSR count). The zero-order valence-electron chi connectivity index (χ0n) is 19.1. The van der Waals surface area contributed by atoms with Crippen LogP contribution in [0.25, 0.3) is 11.4 Å². The van der Waals surface area contributed by atoms with Crippen molar-refractivity contribution in [2.75, 3.05) is 5.75 Å². The van der Waals surface area contributed by atoms with Crippen molar-refractivity contribution < 1.29 is 4.79 Å². The molecule has 0 amide bonds. The van der Waals surface area contributed by atoms with Gasteiger partial charge in [0, 0.05) is 47.0 Å². The standard InChI is InChI=1S/C25H31N5OS/c1-16-7-4-5-9-22(16)30-24(19-8-6-12-26-14-19)27-28-25(30)32-15-23(31)21-13-17(2)29(18(21)3)20-10-11-20/h6,8,12-14,16,20,22H,4-5,7,9-11,15H2,1-3H3/t16-,22+/m1/s1. The molecule has 0 spiro atoms. The van der Waals surface area contributed by atoms with Crippen LogP contribution in [0.4, 0.5) is 0 Å². The molecule has 2 atom stereocenters. The molecule has 6 nitrogen and oxygen atoms in total. The van der Waals surface area contributed by atoms with E-state index in [4.69, 9.17) is 0 Å². The van der Waals surface area contributed by atoms with Gasteiger partial charge in [0.15, 0.2) is 16.8 Å². The maximum absolute atomic E-state index is 13.2. The van der Waals surface area contributed by atoms with E-state index in [1.807, 2.05) is 18.3 Å². The number of hydrogen-bond donors (Lipinski definition) is 0. The van der Waals surface area contributed by atoms with Crippen LogP contribution >= 0.6 is 11.8 Å². The van der Waals surface area contributed by atoms with Crippen molar-refractivity contribution in [3.05, 3.63) is 47.5 Å². The average Bonchev–Trinajstić information content (AvgIpc) is 3.47. The first-order chi connectivity index (χ1) is 15.5. The monoisotopic (exact) mass is 449 g/mol. The maximum atomic E-state index is 13.2. The Balaban J connectivity index is 1.42. The smallest absolute Gasteiger partial charge is 0.192 e. The molecule has 0 aromatic carbocycles. The van der Waals surface area contributed by atoms with E-state index in [1.54, 1.807) is 6.20 Å². The fourth-order valence-corrected chi connectivity index (χ4v) is 6.08. The Morgan fingerprint density at radius 2 is 1.94 bits per heavy atom. The van der Waals surface area contributed by atoms with Crippen molar-refractivity contribution >= 4 is 17.5 Å². The molecule has 0 radical (unpaired) electrons. The van der Waals surface area contributed by atoms with E-state index in [2.05, 4.69) is 51.2 Å². The molecule has 2 saturated carbocycles. The Morgan fingerprint density at radius 3 is 2.66 bits per heavy atom. The average molecular weight is 450 g/mol. The molecule has 168 valence electrons. The summed E-state index contributed by atoms with van der Waals surface area (Å²) in [6.45, 7) is 6.51. The summed E-state index contributed by atoms with van der Waals surface area (Å²) in [5.41, 5.74) is 4.13. The molecular weight excluding hydrogens is 418 g/mol. The first-order valence-electron chi connectivity index (χ1n) is 11.7. The van der Waals surface area contributed by atoms with E-state index in [9.17, 15) is 4.79 Å². The number of nitrogens with zero attached hydrogens (tertiary/aromatic N) is 5. The molecule has 3 heterocycles. The summed E-state index contributed by atoms with van der Waals surface area (Å²) in [6.07, 6.45) is 10.9. The molecule has 2 aliphatic rings. The minimum Gasteiger partial charge on any atom is -0.345 e. The van der Waals surface area contributed by atoms with E-state index in [0.717, 1.165) is 34.2 Å². The maximum Gasteiger partial charge on any atom is 0.192 e. The van der Waals surface area contributed by atoms with Crippen molar-refractivity contribution in [2.24, 2.45) is 5.92 Å². The fourth-order valence-electron chi connectivity index (χ4n) is 5.21. The number of rotatable bonds is 7. The number of aromatic nitrogens is 5. The topological polar surface area (TPSA) is 65.6 Å². The number of thioether (sulfide) groups is 1. The molecule has 3 aromatic rings. The molecule has 0 aliphatic heterocycles. The van der Waals surface area contributed by atoms with Gasteiger partial charge in [0.1, 0.15) is 0 Å². The van der Waals surface area contributed by atoms with Crippen LogP contribution in [-0.2, 0) is 0 Å². The van der Waals surface area contributed by atoms with E-state index < -0.39 is 0 Å². The second kappa shape index (κ2) is 8.85. The molecule has 2 aliphatic carbocycles. The first-order valence-corrected chi connectivity index (χ1v) is 12.7. The highest BCUT2D eigenvalue weighted by atomic mass is 32.2. The van der Waals surface area contributed by atoms with Crippen LogP contribution in [0, 0.1) is 19.8 Å². The van der Waals surface area contributed by atoms with E-state index in [0.29, 0.717) is 23.8 Å². The Morgan fingerprint density at radius 1 is 1.12 bits per heavy atom. The summed E-state index contributed by atoms with van der Waals surface area (Å²) in [7, 11) is 0. The summed E-state index contributed by atoms with van der Waals surface area (Å²) >= 11 is 1.52. The predicted octanol–water partition coefficient (Wildman–Crippen LogP) is 5.82. The Labute approximate surface area is 193 Å². The van der Waals surface area contributed by atoms with Crippen LogP contribution in [0.3, 0.4) is 0 Å². The van der Waals surface area contributed by atoms with Gasteiger partial charge in [-0.2, -0.15) is 0 Å². The predicted molar refractivity (Wildman–Crippen MR) is 127 cm³/mol. The quantitative estimate of drug-likeness (QED) is 0.336. The lowest BCUT2D eigenvalue weighted by atomic mass is 9.85. The molecule has 0 saturated heterocycles. The van der Waals surface area contributed by atoms with Crippen LogP contribution in [0.1, 0.15) is 79.3 Å². The SMILES string of the molecule is Cc1cc(C(=O)CSc2nnc(-c3cccnc3)n2[C@H]2CCCC[C@H]2C)c(C)n1C1CC1. The van der Waals surface area contributed by atoms with Gasteiger partial charge in [0.05, 0.1) is 5.75 Å². The highest BCUT2D eigenvalue weighted by Gasteiger charge is 2.30. The van der Waals surface area contributed by atoms with Crippen LogP contribution in [0.2, 0.25) is 0 Å². The number of aryl methyl sites for hydroxylation is 1. The van der Waals surface area contributed by atoms with Crippen molar-refractivity contribution in [3.8, 4) is 11.4 Å². The normalized spacial score (nSPS) is 21.1. The third-order valence-electron chi connectivity index (χ3n) is 7.01. The lowest BCUT2D eigenvalue weighted by Gasteiger charge is -2.31. The van der Waals surface area contributed by atoms with Gasteiger partial charge in [-0.15, -0.1) is 10.2 Å². The lowest BCUT2D eigenvalue weighted by Crippen LogP contribution is -2.22. The molecule has 0 unspecified atom stereocenters. The summed E-state index contributed by atoms with van der Waals surface area (Å²) < 4.78 is 4.62. The molecule has 3 aromatic heterocycles. The van der Waals surface area contributed by atoms with Crippen LogP contribution < -0.4 is 0 Å². The van der Waals surface area contributed by atoms with Gasteiger partial charge in [0.2, 0.25) is 0 Å². The molecular formula is C25H31N5OS. The molecule has 2 fully saturated rings. The molecule has 0 N–H and O–H groups in total. The number of carbonyl (C=O) groups is 1. The number of ketones is 1. The number of pyridine rings is 1. The molecule has 32 heavy (non-hydrogen) atoms. The Hall–Kier alpha value is -2.41. The largest absolute Gasteiger partial charge is 0.345 e. The van der Waals surface area contributed by atoms with Crippen molar-refractivity contribution in [1.82, 2.24) is 24.3 Å².